The maximum Gasteiger partial charge on any atom is 0.240 e. The van der Waals surface area contributed by atoms with Crippen molar-refractivity contribution in [1.82, 2.24) is 10.0 Å². The molecule has 1 heterocycles. The van der Waals surface area contributed by atoms with Gasteiger partial charge in [0, 0.05) is 17.5 Å². The van der Waals surface area contributed by atoms with E-state index in [0.29, 0.717) is 5.56 Å². The summed E-state index contributed by atoms with van der Waals surface area (Å²) in [6.45, 7) is 20.3. The quantitative estimate of drug-likeness (QED) is 0.234. The molecule has 1 aromatic carbocycles. The van der Waals surface area contributed by atoms with E-state index >= 15 is 0 Å². The number of ketones is 1. The summed E-state index contributed by atoms with van der Waals surface area (Å²) in [5.74, 6) is -1.31. The SMILES string of the molecule is C[C@@H](C(=O)c1cc(S(=O)(=O)NC2CCCCC2)ccc1C(C)(C)C)[C@H]1NC(=O)[C@@H]1[C@@](C)(O[SiH](C)C)C(C)(C)C. The fourth-order valence-electron chi connectivity index (χ4n) is 6.08. The van der Waals surface area contributed by atoms with E-state index in [1.54, 1.807) is 18.2 Å². The van der Waals surface area contributed by atoms with Gasteiger partial charge in [-0.15, -0.1) is 0 Å². The Hall–Kier alpha value is -1.55. The lowest BCUT2D eigenvalue weighted by Gasteiger charge is -2.55. The molecule has 4 atom stereocenters. The lowest BCUT2D eigenvalue weighted by atomic mass is 9.61. The molecule has 1 aliphatic heterocycles. The maximum absolute atomic E-state index is 14.2. The molecule has 0 bridgehead atoms. The molecule has 0 aromatic heterocycles. The van der Waals surface area contributed by atoms with Gasteiger partial charge >= 0.3 is 0 Å². The van der Waals surface area contributed by atoms with E-state index in [-0.39, 0.29) is 33.5 Å². The van der Waals surface area contributed by atoms with Crippen LogP contribution in [0.15, 0.2) is 23.1 Å². The first-order valence-corrected chi connectivity index (χ1v) is 18.8. The van der Waals surface area contributed by atoms with Gasteiger partial charge < -0.3 is 9.74 Å². The first kappa shape index (κ1) is 32.0. The Morgan fingerprint density at radius 1 is 1.05 bits per heavy atom. The van der Waals surface area contributed by atoms with Crippen LogP contribution in [-0.4, -0.2) is 46.8 Å². The minimum absolute atomic E-state index is 0.0744. The van der Waals surface area contributed by atoms with E-state index in [1.165, 1.54) is 0 Å². The molecule has 9 heteroatoms. The van der Waals surface area contributed by atoms with Crippen molar-refractivity contribution in [1.29, 1.82) is 0 Å². The summed E-state index contributed by atoms with van der Waals surface area (Å²) in [4.78, 5) is 27.3. The van der Waals surface area contributed by atoms with E-state index in [0.717, 1.165) is 37.7 Å². The third-order valence-corrected chi connectivity index (χ3v) is 11.2. The second-order valence-electron chi connectivity index (χ2n) is 14.1. The van der Waals surface area contributed by atoms with Crippen LogP contribution in [0, 0.1) is 17.3 Å². The Bertz CT molecular complexity index is 1180. The number of hydrogen-bond acceptors (Lipinski definition) is 5. The van der Waals surface area contributed by atoms with E-state index in [4.69, 9.17) is 4.43 Å². The molecule has 0 spiro atoms. The summed E-state index contributed by atoms with van der Waals surface area (Å²) in [7, 11) is -5.29. The Kier molecular flexibility index (Phi) is 9.32. The highest BCUT2D eigenvalue weighted by atomic mass is 32.2. The normalized spacial score (nSPS) is 23.6. The van der Waals surface area contributed by atoms with Crippen molar-refractivity contribution in [2.45, 2.75) is 129 Å². The molecule has 0 radical (unpaired) electrons. The number of β-lactam (4-membered cyclic amide) rings is 1. The fourth-order valence-corrected chi connectivity index (χ4v) is 8.89. The number of hydrogen-bond donors (Lipinski definition) is 2. The molecule has 3 rings (SSSR count). The zero-order valence-corrected chi connectivity index (χ0v) is 27.6. The zero-order valence-electron chi connectivity index (χ0n) is 25.6. The van der Waals surface area contributed by atoms with Crippen LogP contribution in [0.3, 0.4) is 0 Å². The molecule has 1 aliphatic carbocycles. The average Bonchev–Trinajstić information content (AvgIpc) is 2.79. The van der Waals surface area contributed by atoms with Crippen LogP contribution < -0.4 is 10.0 Å². The van der Waals surface area contributed by atoms with Gasteiger partial charge in [0.15, 0.2) is 14.8 Å². The molecule has 220 valence electrons. The molecule has 1 amide bonds. The van der Waals surface area contributed by atoms with E-state index in [2.05, 4.69) is 43.9 Å². The Morgan fingerprint density at radius 3 is 2.13 bits per heavy atom. The number of Topliss-reactive ketones (excluding diaryl/α,β-unsaturated/α-hetero) is 1. The van der Waals surface area contributed by atoms with Crippen LogP contribution in [0.4, 0.5) is 0 Å². The van der Waals surface area contributed by atoms with Crippen LogP contribution in [0.1, 0.15) is 103 Å². The van der Waals surface area contributed by atoms with Gasteiger partial charge in [0.05, 0.1) is 22.5 Å². The van der Waals surface area contributed by atoms with Gasteiger partial charge in [-0.25, -0.2) is 13.1 Å². The lowest BCUT2D eigenvalue weighted by molar-refractivity contribution is -0.161. The third-order valence-electron chi connectivity index (χ3n) is 8.77. The third kappa shape index (κ3) is 6.68. The standard InChI is InChI=1S/C30H50N2O5SSi/c1-19(25-24(27(34)31-25)30(8,29(5,6)7)37-39(9)10)26(33)22-18-21(16-17-23(22)28(2,3)4)38(35,36)32-20-14-12-11-13-15-20/h16-20,24-25,32,39H,11-15H2,1-10H3,(H,31,34)/t19-,24-,25-,30-/m1/s1. The Labute approximate surface area is 238 Å². The molecular formula is C30H50N2O5SSi. The van der Waals surface area contributed by atoms with Crippen molar-refractivity contribution < 1.29 is 22.4 Å². The highest BCUT2D eigenvalue weighted by molar-refractivity contribution is 7.89. The monoisotopic (exact) mass is 578 g/mol. The predicted molar refractivity (Wildman–Crippen MR) is 159 cm³/mol. The second-order valence-corrected chi connectivity index (χ2v) is 18.1. The first-order chi connectivity index (χ1) is 17.8. The summed E-state index contributed by atoms with van der Waals surface area (Å²) in [5, 5.41) is 3.00. The molecule has 1 aromatic rings. The zero-order chi connectivity index (χ0) is 29.6. The number of carbonyl (C=O) groups excluding carboxylic acids is 2. The lowest BCUT2D eigenvalue weighted by Crippen LogP contribution is -2.72. The first-order valence-electron chi connectivity index (χ1n) is 14.5. The van der Waals surface area contributed by atoms with E-state index < -0.39 is 42.5 Å². The molecule has 1 saturated heterocycles. The molecule has 39 heavy (non-hydrogen) atoms. The topological polar surface area (TPSA) is 102 Å². The highest BCUT2D eigenvalue weighted by Crippen LogP contribution is 2.46. The number of carbonyl (C=O) groups is 2. The van der Waals surface area contributed by atoms with Gasteiger partial charge in [-0.05, 0) is 61.4 Å². The summed E-state index contributed by atoms with van der Waals surface area (Å²) in [5.41, 5.74) is -0.251. The van der Waals surface area contributed by atoms with Gasteiger partial charge in [0.25, 0.3) is 0 Å². The van der Waals surface area contributed by atoms with Crippen LogP contribution in [-0.2, 0) is 24.7 Å². The summed E-state index contributed by atoms with van der Waals surface area (Å²) >= 11 is 0. The number of rotatable bonds is 9. The van der Waals surface area contributed by atoms with Crippen LogP contribution >= 0.6 is 0 Å². The van der Waals surface area contributed by atoms with Crippen molar-refractivity contribution in [3.63, 3.8) is 0 Å². The van der Waals surface area contributed by atoms with Crippen molar-refractivity contribution in [3.8, 4) is 0 Å². The number of nitrogens with one attached hydrogen (secondary N) is 2. The summed E-state index contributed by atoms with van der Waals surface area (Å²) < 4.78 is 36.1. The van der Waals surface area contributed by atoms with Gasteiger partial charge in [0.1, 0.15) is 0 Å². The maximum atomic E-state index is 14.2. The van der Waals surface area contributed by atoms with Crippen LogP contribution in [0.25, 0.3) is 0 Å². The van der Waals surface area contributed by atoms with Gasteiger partial charge in [-0.3, -0.25) is 9.59 Å². The van der Waals surface area contributed by atoms with Crippen molar-refractivity contribution in [2.24, 2.45) is 17.3 Å². The highest BCUT2D eigenvalue weighted by Gasteiger charge is 2.59. The number of benzene rings is 1. The average molecular weight is 579 g/mol. The minimum Gasteiger partial charge on any atom is -0.414 e. The van der Waals surface area contributed by atoms with Gasteiger partial charge in [-0.2, -0.15) is 0 Å². The second kappa shape index (κ2) is 11.4. The van der Waals surface area contributed by atoms with Crippen molar-refractivity contribution in [3.05, 3.63) is 29.3 Å². The van der Waals surface area contributed by atoms with Crippen LogP contribution in [0.5, 0.6) is 0 Å². The number of sulfonamides is 1. The molecule has 2 fully saturated rings. The molecule has 1 saturated carbocycles. The summed E-state index contributed by atoms with van der Waals surface area (Å²) in [6, 6.07) is 4.45. The Balaban J connectivity index is 1.99. The van der Waals surface area contributed by atoms with Crippen molar-refractivity contribution >= 4 is 30.8 Å². The fraction of sp³-hybridized carbons (Fsp3) is 0.733. The van der Waals surface area contributed by atoms with Gasteiger partial charge in [0.2, 0.25) is 15.9 Å². The predicted octanol–water partition coefficient (Wildman–Crippen LogP) is 5.33. The molecule has 7 nitrogen and oxygen atoms in total. The molecular weight excluding hydrogens is 528 g/mol. The number of amides is 1. The molecule has 0 unspecified atom stereocenters. The minimum atomic E-state index is -3.78. The largest absolute Gasteiger partial charge is 0.414 e. The summed E-state index contributed by atoms with van der Waals surface area (Å²) in [6.07, 6.45) is 4.83. The van der Waals surface area contributed by atoms with E-state index in [1.807, 2.05) is 34.6 Å². The van der Waals surface area contributed by atoms with Crippen LogP contribution in [0.2, 0.25) is 13.1 Å². The van der Waals surface area contributed by atoms with E-state index in [9.17, 15) is 18.0 Å². The Morgan fingerprint density at radius 2 is 1.64 bits per heavy atom. The smallest absolute Gasteiger partial charge is 0.240 e. The molecule has 2 aliphatic rings. The molecule has 2 N–H and O–H groups in total. The van der Waals surface area contributed by atoms with Gasteiger partial charge in [-0.1, -0.05) is 73.8 Å². The van der Waals surface area contributed by atoms with Crippen molar-refractivity contribution in [2.75, 3.05) is 0 Å².